The van der Waals surface area contributed by atoms with Gasteiger partial charge in [-0.1, -0.05) is 18.2 Å². The number of carbonyl (C=O) groups excluding carboxylic acids is 1. The van der Waals surface area contributed by atoms with Crippen LogP contribution in [0, 0.1) is 0 Å². The summed E-state index contributed by atoms with van der Waals surface area (Å²) in [7, 11) is 4.56. The number of hydrogen-bond donors (Lipinski definition) is 2. The van der Waals surface area contributed by atoms with Crippen molar-refractivity contribution in [3.63, 3.8) is 0 Å². The van der Waals surface area contributed by atoms with Gasteiger partial charge >= 0.3 is 6.03 Å². The molecule has 0 fully saturated rings. The summed E-state index contributed by atoms with van der Waals surface area (Å²) in [5, 5.41) is 6.61. The van der Waals surface area contributed by atoms with E-state index in [-0.39, 0.29) is 12.1 Å². The Kier molecular flexibility index (Phi) is 5.40. The number of fused-ring (bicyclic) bond motifs is 1. The zero-order valence-corrected chi connectivity index (χ0v) is 15.7. The highest BCUT2D eigenvalue weighted by atomic mass is 16.5. The Hall–Kier alpha value is -3.35. The molecule has 1 heterocycles. The lowest BCUT2D eigenvalue weighted by Gasteiger charge is -2.16. The minimum absolute atomic E-state index is 0.306. The normalized spacial score (nSPS) is 11.7. The van der Waals surface area contributed by atoms with Gasteiger partial charge in [0.05, 0.1) is 33.1 Å². The molecule has 2 aromatic carbocycles. The van der Waals surface area contributed by atoms with Crippen molar-refractivity contribution in [2.75, 3.05) is 26.6 Å². The third kappa shape index (κ3) is 3.92. The van der Waals surface area contributed by atoms with Crippen molar-refractivity contribution in [2.24, 2.45) is 0 Å². The van der Waals surface area contributed by atoms with Gasteiger partial charge in [0.1, 0.15) is 11.3 Å². The molecule has 2 amide bonds. The molecule has 0 radical (unpaired) electrons. The van der Waals surface area contributed by atoms with Gasteiger partial charge in [-0.2, -0.15) is 0 Å². The van der Waals surface area contributed by atoms with Gasteiger partial charge in [0.25, 0.3) is 0 Å². The Morgan fingerprint density at radius 3 is 2.26 bits per heavy atom. The molecule has 3 aromatic rings. The molecule has 0 saturated carbocycles. The summed E-state index contributed by atoms with van der Waals surface area (Å²) in [6.07, 6.45) is 0. The molecule has 0 aliphatic rings. The zero-order valence-electron chi connectivity index (χ0n) is 15.7. The highest BCUT2D eigenvalue weighted by molar-refractivity contribution is 5.90. The van der Waals surface area contributed by atoms with E-state index in [0.717, 1.165) is 11.0 Å². The summed E-state index contributed by atoms with van der Waals surface area (Å²) >= 11 is 0. The topological polar surface area (TPSA) is 82.0 Å². The maximum atomic E-state index is 12.4. The van der Waals surface area contributed by atoms with Gasteiger partial charge in [-0.05, 0) is 19.1 Å². The first-order chi connectivity index (χ1) is 13.0. The molecule has 2 N–H and O–H groups in total. The molecule has 7 nitrogen and oxygen atoms in total. The van der Waals surface area contributed by atoms with Crippen LogP contribution < -0.4 is 24.8 Å². The number of para-hydroxylation sites is 1. The molecule has 1 unspecified atom stereocenters. The monoisotopic (exact) mass is 370 g/mol. The lowest BCUT2D eigenvalue weighted by Crippen LogP contribution is -2.31. The average Bonchev–Trinajstić information content (AvgIpc) is 3.11. The van der Waals surface area contributed by atoms with Crippen molar-refractivity contribution in [2.45, 2.75) is 13.0 Å². The summed E-state index contributed by atoms with van der Waals surface area (Å²) in [6.45, 7) is 1.85. The van der Waals surface area contributed by atoms with Crippen molar-refractivity contribution >= 4 is 22.7 Å². The standard InChI is InChI=1S/C20H22N2O5/c1-12(16-9-13-7-5-6-8-15(13)27-16)21-20(23)22-14-10-17(24-2)19(26-4)18(11-14)25-3/h5-12H,1-4H3,(H2,21,22,23). The highest BCUT2D eigenvalue weighted by Crippen LogP contribution is 2.39. The Morgan fingerprint density at radius 2 is 1.67 bits per heavy atom. The van der Waals surface area contributed by atoms with Crippen LogP contribution in [0.1, 0.15) is 18.7 Å². The number of anilines is 1. The second-order valence-corrected chi connectivity index (χ2v) is 5.92. The minimum atomic E-state index is -0.378. The van der Waals surface area contributed by atoms with E-state index < -0.39 is 0 Å². The molecule has 27 heavy (non-hydrogen) atoms. The summed E-state index contributed by atoms with van der Waals surface area (Å²) in [4.78, 5) is 12.4. The number of hydrogen-bond acceptors (Lipinski definition) is 5. The average molecular weight is 370 g/mol. The summed E-state index contributed by atoms with van der Waals surface area (Å²) in [5.74, 6) is 2.05. The molecule has 0 aliphatic carbocycles. The third-order valence-corrected chi connectivity index (χ3v) is 4.14. The lowest BCUT2D eigenvalue weighted by atomic mass is 10.2. The van der Waals surface area contributed by atoms with Crippen molar-refractivity contribution in [3.8, 4) is 17.2 Å². The molecule has 0 spiro atoms. The van der Waals surface area contributed by atoms with Crippen LogP contribution in [0.25, 0.3) is 11.0 Å². The first kappa shape index (κ1) is 18.4. The number of amides is 2. The molecular weight excluding hydrogens is 348 g/mol. The van der Waals surface area contributed by atoms with Gasteiger partial charge in [-0.3, -0.25) is 0 Å². The SMILES string of the molecule is COc1cc(NC(=O)NC(C)c2cc3ccccc3o2)cc(OC)c1OC. The molecule has 142 valence electrons. The third-order valence-electron chi connectivity index (χ3n) is 4.14. The number of methoxy groups -OCH3 is 3. The van der Waals surface area contributed by atoms with Crippen molar-refractivity contribution in [1.29, 1.82) is 0 Å². The first-order valence-corrected chi connectivity index (χ1v) is 8.41. The van der Waals surface area contributed by atoms with Gasteiger partial charge in [-0.15, -0.1) is 0 Å². The van der Waals surface area contributed by atoms with Gasteiger partial charge in [0.15, 0.2) is 11.5 Å². The Morgan fingerprint density at radius 1 is 1.00 bits per heavy atom. The fourth-order valence-electron chi connectivity index (χ4n) is 2.80. The van der Waals surface area contributed by atoms with Crippen LogP contribution in [0.4, 0.5) is 10.5 Å². The minimum Gasteiger partial charge on any atom is -0.493 e. The molecule has 0 bridgehead atoms. The van der Waals surface area contributed by atoms with E-state index in [1.54, 1.807) is 12.1 Å². The van der Waals surface area contributed by atoms with Crippen LogP contribution in [0.2, 0.25) is 0 Å². The van der Waals surface area contributed by atoms with Crippen molar-refractivity contribution in [1.82, 2.24) is 5.32 Å². The fourth-order valence-corrected chi connectivity index (χ4v) is 2.80. The highest BCUT2D eigenvalue weighted by Gasteiger charge is 2.17. The number of urea groups is 1. The molecule has 0 saturated heterocycles. The zero-order chi connectivity index (χ0) is 19.4. The van der Waals surface area contributed by atoms with E-state index in [4.69, 9.17) is 18.6 Å². The van der Waals surface area contributed by atoms with Crippen LogP contribution in [-0.2, 0) is 0 Å². The molecule has 3 rings (SSSR count). The number of furan rings is 1. The molecule has 1 aromatic heterocycles. The predicted molar refractivity (Wildman–Crippen MR) is 103 cm³/mol. The predicted octanol–water partition coefficient (Wildman–Crippen LogP) is 4.34. The van der Waals surface area contributed by atoms with Crippen molar-refractivity contribution in [3.05, 3.63) is 48.2 Å². The first-order valence-electron chi connectivity index (χ1n) is 8.41. The van der Waals surface area contributed by atoms with Crippen LogP contribution in [0.5, 0.6) is 17.2 Å². The number of carbonyl (C=O) groups is 1. The van der Waals surface area contributed by atoms with E-state index >= 15 is 0 Å². The van der Waals surface area contributed by atoms with Crippen LogP contribution >= 0.6 is 0 Å². The summed E-state index contributed by atoms with van der Waals surface area (Å²) < 4.78 is 21.7. The van der Waals surface area contributed by atoms with Crippen LogP contribution in [-0.4, -0.2) is 27.4 Å². The van der Waals surface area contributed by atoms with Gasteiger partial charge < -0.3 is 29.3 Å². The quantitative estimate of drug-likeness (QED) is 0.674. The van der Waals surface area contributed by atoms with E-state index in [1.807, 2.05) is 37.3 Å². The van der Waals surface area contributed by atoms with Gasteiger partial charge in [0.2, 0.25) is 5.75 Å². The van der Waals surface area contributed by atoms with Crippen molar-refractivity contribution < 1.29 is 23.4 Å². The maximum Gasteiger partial charge on any atom is 0.319 e. The van der Waals surface area contributed by atoms with E-state index in [2.05, 4.69) is 10.6 Å². The maximum absolute atomic E-state index is 12.4. The lowest BCUT2D eigenvalue weighted by molar-refractivity contribution is 0.248. The van der Waals surface area contributed by atoms with E-state index in [1.165, 1.54) is 21.3 Å². The van der Waals surface area contributed by atoms with E-state index in [0.29, 0.717) is 28.7 Å². The molecular formula is C20H22N2O5. The Balaban J connectivity index is 1.73. The van der Waals surface area contributed by atoms with Crippen LogP contribution in [0.15, 0.2) is 46.9 Å². The largest absolute Gasteiger partial charge is 0.493 e. The second kappa shape index (κ2) is 7.90. The van der Waals surface area contributed by atoms with E-state index in [9.17, 15) is 4.79 Å². The van der Waals surface area contributed by atoms with Gasteiger partial charge in [0, 0.05) is 17.5 Å². The summed E-state index contributed by atoms with van der Waals surface area (Å²) in [6, 6.07) is 12.3. The Bertz CT molecular complexity index is 892. The summed E-state index contributed by atoms with van der Waals surface area (Å²) in [5.41, 5.74) is 1.30. The number of benzene rings is 2. The molecule has 7 heteroatoms. The number of rotatable bonds is 6. The number of nitrogens with one attached hydrogen (secondary N) is 2. The van der Waals surface area contributed by atoms with Crippen LogP contribution in [0.3, 0.4) is 0 Å². The Labute approximate surface area is 157 Å². The second-order valence-electron chi connectivity index (χ2n) is 5.92. The molecule has 1 atom stereocenters. The smallest absolute Gasteiger partial charge is 0.319 e. The fraction of sp³-hybridized carbons (Fsp3) is 0.250. The molecule has 0 aliphatic heterocycles. The number of ether oxygens (including phenoxy) is 3. The van der Waals surface area contributed by atoms with Gasteiger partial charge in [-0.25, -0.2) is 4.79 Å².